The topological polar surface area (TPSA) is 90.0 Å². The Balaban J connectivity index is 1.58. The van der Waals surface area contributed by atoms with E-state index in [-0.39, 0.29) is 5.91 Å². The van der Waals surface area contributed by atoms with Crippen LogP contribution in [0, 0.1) is 0 Å². The molecule has 0 atom stereocenters. The van der Waals surface area contributed by atoms with Gasteiger partial charge in [-0.1, -0.05) is 48.9 Å². The van der Waals surface area contributed by atoms with Crippen molar-refractivity contribution in [3.05, 3.63) is 77.1 Å². The van der Waals surface area contributed by atoms with E-state index in [1.807, 2.05) is 30.3 Å². The number of imidazole rings is 1. The highest BCUT2D eigenvalue weighted by Crippen LogP contribution is 2.27. The molecule has 6 heteroatoms. The number of carbonyl (C=O) groups is 2. The number of fused-ring (bicyclic) bond motifs is 1. The number of aromatic nitrogens is 2. The molecule has 2 heterocycles. The molecule has 6 nitrogen and oxygen atoms in total. The molecule has 0 unspecified atom stereocenters. The highest BCUT2D eigenvalue weighted by atomic mass is 16.2. The lowest BCUT2D eigenvalue weighted by Crippen LogP contribution is -2.24. The van der Waals surface area contributed by atoms with E-state index in [4.69, 9.17) is 10.7 Å². The number of amides is 2. The Morgan fingerprint density at radius 1 is 1.00 bits per heavy atom. The fourth-order valence-corrected chi connectivity index (χ4v) is 3.76. The highest BCUT2D eigenvalue weighted by Gasteiger charge is 2.24. The molecule has 0 radical (unpaired) electrons. The minimum atomic E-state index is -0.463. The number of nitrogens with one attached hydrogen (secondary N) is 1. The molecule has 0 spiro atoms. The SMILES string of the molecule is NC(=O)c1ccc(CNC(=O)c2nc(-c3ccccc3)n3c2CCCCC3)cc1. The van der Waals surface area contributed by atoms with Crippen molar-refractivity contribution in [2.45, 2.75) is 38.8 Å². The monoisotopic (exact) mass is 388 g/mol. The fourth-order valence-electron chi connectivity index (χ4n) is 3.76. The molecule has 3 N–H and O–H groups in total. The van der Waals surface area contributed by atoms with Crippen molar-refractivity contribution < 1.29 is 9.59 Å². The van der Waals surface area contributed by atoms with Gasteiger partial charge in [0.05, 0.1) is 5.69 Å². The van der Waals surface area contributed by atoms with E-state index in [1.165, 1.54) is 0 Å². The van der Waals surface area contributed by atoms with Crippen LogP contribution in [0.3, 0.4) is 0 Å². The van der Waals surface area contributed by atoms with Crippen LogP contribution < -0.4 is 11.1 Å². The van der Waals surface area contributed by atoms with Gasteiger partial charge in [0.15, 0.2) is 0 Å². The Hall–Kier alpha value is -3.41. The predicted molar refractivity (Wildman–Crippen MR) is 111 cm³/mol. The number of hydrogen-bond donors (Lipinski definition) is 2. The second kappa shape index (κ2) is 8.31. The number of rotatable bonds is 5. The molecule has 148 valence electrons. The molecule has 2 amide bonds. The Morgan fingerprint density at radius 3 is 2.48 bits per heavy atom. The summed E-state index contributed by atoms with van der Waals surface area (Å²) in [5.41, 5.74) is 9.18. The number of primary amides is 1. The number of nitrogens with zero attached hydrogens (tertiary/aromatic N) is 2. The maximum atomic E-state index is 13.0. The molecule has 3 aromatic rings. The Morgan fingerprint density at radius 2 is 1.76 bits per heavy atom. The van der Waals surface area contributed by atoms with Crippen molar-refractivity contribution in [2.75, 3.05) is 0 Å². The minimum Gasteiger partial charge on any atom is -0.366 e. The first kappa shape index (κ1) is 18.9. The van der Waals surface area contributed by atoms with Crippen molar-refractivity contribution in [3.63, 3.8) is 0 Å². The normalized spacial score (nSPS) is 13.4. The van der Waals surface area contributed by atoms with Gasteiger partial charge in [-0.25, -0.2) is 4.98 Å². The van der Waals surface area contributed by atoms with Crippen LogP contribution in [-0.4, -0.2) is 21.4 Å². The first-order valence-electron chi connectivity index (χ1n) is 9.95. The number of carbonyl (C=O) groups excluding carboxylic acids is 2. The summed E-state index contributed by atoms with van der Waals surface area (Å²) in [5, 5.41) is 2.97. The number of hydrogen-bond acceptors (Lipinski definition) is 3. The van der Waals surface area contributed by atoms with Gasteiger partial charge < -0.3 is 15.6 Å². The average molecular weight is 388 g/mol. The van der Waals surface area contributed by atoms with Crippen molar-refractivity contribution in [1.29, 1.82) is 0 Å². The number of nitrogens with two attached hydrogens (primary N) is 1. The largest absolute Gasteiger partial charge is 0.366 e. The zero-order valence-corrected chi connectivity index (χ0v) is 16.2. The van der Waals surface area contributed by atoms with Crippen LogP contribution in [0.5, 0.6) is 0 Å². The maximum absolute atomic E-state index is 13.0. The van der Waals surface area contributed by atoms with Crippen LogP contribution in [0.25, 0.3) is 11.4 Å². The summed E-state index contributed by atoms with van der Waals surface area (Å²) in [4.78, 5) is 28.9. The van der Waals surface area contributed by atoms with E-state index in [2.05, 4.69) is 9.88 Å². The molecule has 0 saturated carbocycles. The van der Waals surface area contributed by atoms with Crippen LogP contribution in [-0.2, 0) is 19.5 Å². The Labute approximate surface area is 169 Å². The van der Waals surface area contributed by atoms with E-state index in [0.29, 0.717) is 17.8 Å². The molecule has 1 aliphatic rings. The van der Waals surface area contributed by atoms with Crippen LogP contribution in [0.1, 0.15) is 51.4 Å². The smallest absolute Gasteiger partial charge is 0.272 e. The molecule has 4 rings (SSSR count). The molecule has 0 aliphatic carbocycles. The lowest BCUT2D eigenvalue weighted by atomic mass is 10.1. The van der Waals surface area contributed by atoms with E-state index < -0.39 is 5.91 Å². The summed E-state index contributed by atoms with van der Waals surface area (Å²) >= 11 is 0. The van der Waals surface area contributed by atoms with Crippen LogP contribution in [0.15, 0.2) is 54.6 Å². The second-order valence-electron chi connectivity index (χ2n) is 7.30. The molecular weight excluding hydrogens is 364 g/mol. The molecule has 2 aromatic carbocycles. The van der Waals surface area contributed by atoms with E-state index in [1.54, 1.807) is 24.3 Å². The lowest BCUT2D eigenvalue weighted by Gasteiger charge is -2.09. The van der Waals surface area contributed by atoms with Crippen molar-refractivity contribution in [2.24, 2.45) is 5.73 Å². The lowest BCUT2D eigenvalue weighted by molar-refractivity contribution is 0.0943. The van der Waals surface area contributed by atoms with Crippen molar-refractivity contribution >= 4 is 11.8 Å². The van der Waals surface area contributed by atoms with Gasteiger partial charge in [-0.3, -0.25) is 9.59 Å². The first-order chi connectivity index (χ1) is 14.1. The van der Waals surface area contributed by atoms with Crippen LogP contribution >= 0.6 is 0 Å². The summed E-state index contributed by atoms with van der Waals surface area (Å²) in [6, 6.07) is 16.9. The third-order valence-electron chi connectivity index (χ3n) is 5.31. The fraction of sp³-hybridized carbons (Fsp3) is 0.261. The summed E-state index contributed by atoms with van der Waals surface area (Å²) in [7, 11) is 0. The molecule has 29 heavy (non-hydrogen) atoms. The Bertz CT molecular complexity index is 1020. The van der Waals surface area contributed by atoms with Crippen molar-refractivity contribution in [1.82, 2.24) is 14.9 Å². The van der Waals surface area contributed by atoms with E-state index in [9.17, 15) is 9.59 Å². The summed E-state index contributed by atoms with van der Waals surface area (Å²) in [5.74, 6) is 0.227. The first-order valence-corrected chi connectivity index (χ1v) is 9.95. The van der Waals surface area contributed by atoms with Gasteiger partial charge in [-0.2, -0.15) is 0 Å². The predicted octanol–water partition coefficient (Wildman–Crippen LogP) is 3.31. The van der Waals surface area contributed by atoms with Gasteiger partial charge in [0.2, 0.25) is 5.91 Å². The van der Waals surface area contributed by atoms with Crippen molar-refractivity contribution in [3.8, 4) is 11.4 Å². The molecule has 1 aliphatic heterocycles. The number of benzene rings is 2. The Kier molecular flexibility index (Phi) is 5.42. The van der Waals surface area contributed by atoms with E-state index >= 15 is 0 Å². The molecule has 1 aromatic heterocycles. The zero-order chi connectivity index (χ0) is 20.2. The quantitative estimate of drug-likeness (QED) is 0.703. The van der Waals surface area contributed by atoms with Gasteiger partial charge in [-0.05, 0) is 37.0 Å². The highest BCUT2D eigenvalue weighted by molar-refractivity contribution is 5.94. The molecule has 0 bridgehead atoms. The summed E-state index contributed by atoms with van der Waals surface area (Å²) in [6.45, 7) is 1.25. The van der Waals surface area contributed by atoms with Crippen LogP contribution in [0.4, 0.5) is 0 Å². The average Bonchev–Trinajstić information content (AvgIpc) is 2.94. The van der Waals surface area contributed by atoms with Crippen LogP contribution in [0.2, 0.25) is 0 Å². The minimum absolute atomic E-state index is 0.170. The second-order valence-corrected chi connectivity index (χ2v) is 7.30. The molecule has 0 saturated heterocycles. The van der Waals surface area contributed by atoms with Gasteiger partial charge in [0.1, 0.15) is 11.5 Å². The maximum Gasteiger partial charge on any atom is 0.272 e. The standard InChI is InChI=1S/C23H24N4O2/c24-21(28)17-12-10-16(11-13-17)15-25-23(29)20-19-9-5-2-6-14-27(19)22(26-20)18-7-3-1-4-8-18/h1,3-4,7-8,10-13H,2,5-6,9,14-15H2,(H2,24,28)(H,25,29). The summed E-state index contributed by atoms with van der Waals surface area (Å²) in [6.07, 6.45) is 4.17. The van der Waals surface area contributed by atoms with Gasteiger partial charge >= 0.3 is 0 Å². The third-order valence-corrected chi connectivity index (χ3v) is 5.31. The molecule has 0 fully saturated rings. The third kappa shape index (κ3) is 4.06. The van der Waals surface area contributed by atoms with Gasteiger partial charge in [0.25, 0.3) is 5.91 Å². The van der Waals surface area contributed by atoms with Gasteiger partial charge in [-0.15, -0.1) is 0 Å². The van der Waals surface area contributed by atoms with E-state index in [0.717, 1.165) is 54.9 Å². The molecular formula is C23H24N4O2. The summed E-state index contributed by atoms with van der Waals surface area (Å²) < 4.78 is 2.21. The zero-order valence-electron chi connectivity index (χ0n) is 16.2. The van der Waals surface area contributed by atoms with Gasteiger partial charge in [0, 0.05) is 24.2 Å².